The van der Waals surface area contributed by atoms with E-state index in [0.717, 1.165) is 18.4 Å². The van der Waals surface area contributed by atoms with Crippen LogP contribution in [0, 0.1) is 17.2 Å². The van der Waals surface area contributed by atoms with Gasteiger partial charge in [-0.15, -0.1) is 0 Å². The molecular formula is C17H20N2O2. The first-order valence-corrected chi connectivity index (χ1v) is 7.66. The van der Waals surface area contributed by atoms with Crippen molar-refractivity contribution < 1.29 is 9.53 Å². The highest BCUT2D eigenvalue weighted by molar-refractivity contribution is 5.98. The third-order valence-electron chi connectivity index (χ3n) is 4.47. The lowest BCUT2D eigenvalue weighted by Crippen LogP contribution is -2.40. The average Bonchev–Trinajstić information content (AvgIpc) is 2.86. The fourth-order valence-corrected chi connectivity index (χ4v) is 3.44. The number of nitrogens with zero attached hydrogens (tertiary/aromatic N) is 1. The van der Waals surface area contributed by atoms with Crippen LogP contribution in [0.25, 0.3) is 0 Å². The molecule has 2 atom stereocenters. The number of piperidine rings is 1. The van der Waals surface area contributed by atoms with E-state index in [2.05, 4.69) is 5.32 Å². The smallest absolute Gasteiger partial charge is 0.166 e. The molecule has 2 unspecified atom stereocenters. The molecular weight excluding hydrogens is 264 g/mol. The molecule has 4 heteroatoms. The standard InChI is InChI=1S/C17H20N2O2/c18-8-1-9-21-16-6-2-12(3-7-16)17(20)13-10-14-4-5-15(11-13)19-14/h2-3,6-7,13-15,19H,1,4-5,9-11H2. The number of carbonyl (C=O) groups is 1. The summed E-state index contributed by atoms with van der Waals surface area (Å²) in [5.74, 6) is 1.14. The maximum Gasteiger partial charge on any atom is 0.166 e. The second-order valence-electron chi connectivity index (χ2n) is 5.95. The molecule has 4 nitrogen and oxygen atoms in total. The quantitative estimate of drug-likeness (QED) is 0.667. The van der Waals surface area contributed by atoms with E-state index >= 15 is 0 Å². The summed E-state index contributed by atoms with van der Waals surface area (Å²) in [4.78, 5) is 12.6. The van der Waals surface area contributed by atoms with Crippen LogP contribution in [0.5, 0.6) is 5.75 Å². The van der Waals surface area contributed by atoms with Crippen molar-refractivity contribution in [2.45, 2.75) is 44.2 Å². The van der Waals surface area contributed by atoms with Crippen LogP contribution in [0.4, 0.5) is 0 Å². The van der Waals surface area contributed by atoms with Crippen LogP contribution >= 0.6 is 0 Å². The molecule has 2 fully saturated rings. The highest BCUT2D eigenvalue weighted by Crippen LogP contribution is 2.33. The number of ketones is 1. The third-order valence-corrected chi connectivity index (χ3v) is 4.47. The Balaban J connectivity index is 1.61. The van der Waals surface area contributed by atoms with Gasteiger partial charge in [0.05, 0.1) is 12.5 Å². The van der Waals surface area contributed by atoms with Crippen LogP contribution in [0.3, 0.4) is 0 Å². The number of nitriles is 1. The number of hydrogen-bond acceptors (Lipinski definition) is 4. The average molecular weight is 284 g/mol. The van der Waals surface area contributed by atoms with E-state index in [9.17, 15) is 4.79 Å². The maximum absolute atomic E-state index is 12.6. The molecule has 1 aromatic carbocycles. The Kier molecular flexibility index (Phi) is 4.21. The Morgan fingerprint density at radius 3 is 2.52 bits per heavy atom. The van der Waals surface area contributed by atoms with Crippen molar-refractivity contribution in [1.29, 1.82) is 5.26 Å². The van der Waals surface area contributed by atoms with Crippen LogP contribution in [-0.4, -0.2) is 24.5 Å². The van der Waals surface area contributed by atoms with Gasteiger partial charge in [-0.3, -0.25) is 4.79 Å². The second-order valence-corrected chi connectivity index (χ2v) is 5.95. The number of rotatable bonds is 5. The lowest BCUT2D eigenvalue weighted by molar-refractivity contribution is 0.0875. The lowest BCUT2D eigenvalue weighted by atomic mass is 9.86. The molecule has 0 radical (unpaired) electrons. The van der Waals surface area contributed by atoms with Crippen LogP contribution in [0.15, 0.2) is 24.3 Å². The first-order valence-electron chi connectivity index (χ1n) is 7.66. The maximum atomic E-state index is 12.6. The van der Waals surface area contributed by atoms with Gasteiger partial charge in [0.2, 0.25) is 0 Å². The number of hydrogen-bond donors (Lipinski definition) is 1. The van der Waals surface area contributed by atoms with E-state index in [1.54, 1.807) is 0 Å². The SMILES string of the molecule is N#CCCOc1ccc(C(=O)C2CC3CCC(C2)N3)cc1. The van der Waals surface area contributed by atoms with Crippen molar-refractivity contribution in [2.75, 3.05) is 6.61 Å². The molecule has 0 aromatic heterocycles. The molecule has 0 aliphatic carbocycles. The van der Waals surface area contributed by atoms with Crippen molar-refractivity contribution >= 4 is 5.78 Å². The summed E-state index contributed by atoms with van der Waals surface area (Å²) in [6, 6.07) is 10.4. The summed E-state index contributed by atoms with van der Waals surface area (Å²) in [7, 11) is 0. The highest BCUT2D eigenvalue weighted by Gasteiger charge is 2.36. The highest BCUT2D eigenvalue weighted by atomic mass is 16.5. The summed E-state index contributed by atoms with van der Waals surface area (Å²) >= 11 is 0. The van der Waals surface area contributed by atoms with E-state index in [4.69, 9.17) is 10.00 Å². The van der Waals surface area contributed by atoms with Crippen LogP contribution < -0.4 is 10.1 Å². The van der Waals surface area contributed by atoms with Crippen molar-refractivity contribution in [2.24, 2.45) is 5.92 Å². The van der Waals surface area contributed by atoms with Gasteiger partial charge in [-0.25, -0.2) is 0 Å². The van der Waals surface area contributed by atoms with Gasteiger partial charge in [-0.1, -0.05) is 0 Å². The number of Topliss-reactive ketones (excluding diaryl/α,β-unsaturated/α-hetero) is 1. The molecule has 2 aliphatic heterocycles. The Bertz CT molecular complexity index is 535. The van der Waals surface area contributed by atoms with E-state index < -0.39 is 0 Å². The number of benzene rings is 1. The molecule has 110 valence electrons. The van der Waals surface area contributed by atoms with Crippen molar-refractivity contribution in [3.63, 3.8) is 0 Å². The zero-order valence-corrected chi connectivity index (χ0v) is 12.0. The molecule has 1 aromatic rings. The summed E-state index contributed by atoms with van der Waals surface area (Å²) in [6.45, 7) is 0.390. The van der Waals surface area contributed by atoms with Gasteiger partial charge < -0.3 is 10.1 Å². The van der Waals surface area contributed by atoms with Crippen molar-refractivity contribution in [3.8, 4) is 11.8 Å². The zero-order chi connectivity index (χ0) is 14.7. The Labute approximate surface area is 125 Å². The zero-order valence-electron chi connectivity index (χ0n) is 12.0. The van der Waals surface area contributed by atoms with E-state index in [1.165, 1.54) is 12.8 Å². The minimum absolute atomic E-state index is 0.161. The molecule has 2 aliphatic rings. The molecule has 3 rings (SSSR count). The molecule has 2 heterocycles. The molecule has 2 bridgehead atoms. The van der Waals surface area contributed by atoms with Gasteiger partial charge in [-0.05, 0) is 49.9 Å². The third kappa shape index (κ3) is 3.25. The Hall–Kier alpha value is -1.86. The Morgan fingerprint density at radius 2 is 1.90 bits per heavy atom. The largest absolute Gasteiger partial charge is 0.493 e. The van der Waals surface area contributed by atoms with Gasteiger partial charge >= 0.3 is 0 Å². The molecule has 0 amide bonds. The first kappa shape index (κ1) is 14.1. The van der Waals surface area contributed by atoms with E-state index in [0.29, 0.717) is 30.9 Å². The van der Waals surface area contributed by atoms with E-state index in [-0.39, 0.29) is 11.7 Å². The summed E-state index contributed by atoms with van der Waals surface area (Å²) in [5.41, 5.74) is 0.772. The monoisotopic (exact) mass is 284 g/mol. The molecule has 21 heavy (non-hydrogen) atoms. The molecule has 0 spiro atoms. The van der Waals surface area contributed by atoms with Gasteiger partial charge in [0.1, 0.15) is 12.4 Å². The van der Waals surface area contributed by atoms with Gasteiger partial charge in [0.25, 0.3) is 0 Å². The minimum atomic E-state index is 0.161. The fourth-order valence-electron chi connectivity index (χ4n) is 3.44. The van der Waals surface area contributed by atoms with Crippen molar-refractivity contribution in [3.05, 3.63) is 29.8 Å². The number of carbonyl (C=O) groups excluding carboxylic acids is 1. The Morgan fingerprint density at radius 1 is 1.24 bits per heavy atom. The number of ether oxygens (including phenoxy) is 1. The number of nitrogens with one attached hydrogen (secondary N) is 1. The first-order chi connectivity index (χ1) is 10.3. The van der Waals surface area contributed by atoms with E-state index in [1.807, 2.05) is 30.3 Å². The predicted molar refractivity (Wildman–Crippen MR) is 79.2 cm³/mol. The minimum Gasteiger partial charge on any atom is -0.493 e. The fraction of sp³-hybridized carbons (Fsp3) is 0.529. The molecule has 0 saturated carbocycles. The van der Waals surface area contributed by atoms with Crippen molar-refractivity contribution in [1.82, 2.24) is 5.32 Å². The van der Waals surface area contributed by atoms with Crippen LogP contribution in [0.2, 0.25) is 0 Å². The van der Waals surface area contributed by atoms with Gasteiger partial charge in [0.15, 0.2) is 5.78 Å². The van der Waals surface area contributed by atoms with Gasteiger partial charge in [-0.2, -0.15) is 5.26 Å². The topological polar surface area (TPSA) is 62.1 Å². The summed E-state index contributed by atoms with van der Waals surface area (Å²) in [6.07, 6.45) is 4.73. The molecule has 2 saturated heterocycles. The second kappa shape index (κ2) is 6.28. The normalized spacial score (nSPS) is 27.1. The molecule has 1 N–H and O–H groups in total. The van der Waals surface area contributed by atoms with Crippen LogP contribution in [-0.2, 0) is 0 Å². The van der Waals surface area contributed by atoms with Gasteiger partial charge in [0, 0.05) is 23.6 Å². The predicted octanol–water partition coefficient (Wildman–Crippen LogP) is 2.69. The summed E-state index contributed by atoms with van der Waals surface area (Å²) < 4.78 is 5.43. The summed E-state index contributed by atoms with van der Waals surface area (Å²) in [5, 5.41) is 12.0. The lowest BCUT2D eigenvalue weighted by Gasteiger charge is -2.28. The number of fused-ring (bicyclic) bond motifs is 2. The van der Waals surface area contributed by atoms with Crippen LogP contribution in [0.1, 0.15) is 42.5 Å².